The molecule has 0 saturated carbocycles. The van der Waals surface area contributed by atoms with Crippen LogP contribution in [0.5, 0.6) is 0 Å². The Bertz CT molecular complexity index is 579. The average molecular weight is 240 g/mol. The minimum Gasteiger partial charge on any atom is -0.192 e. The smallest absolute Gasteiger partial charge is 0.0998 e. The van der Waals surface area contributed by atoms with Gasteiger partial charge in [-0.1, -0.05) is 54.1 Å². The predicted molar refractivity (Wildman–Crippen MR) is 71.4 cm³/mol. The molecule has 2 aromatic rings. The van der Waals surface area contributed by atoms with Crippen molar-refractivity contribution in [3.63, 3.8) is 0 Å². The number of halogens is 1. The second-order valence-corrected chi connectivity index (χ2v) is 4.03. The first-order valence-corrected chi connectivity index (χ1v) is 5.60. The van der Waals surface area contributed by atoms with E-state index >= 15 is 0 Å². The van der Waals surface area contributed by atoms with Gasteiger partial charge in [-0.05, 0) is 29.3 Å². The lowest BCUT2D eigenvalue weighted by Gasteiger charge is -2.00. The summed E-state index contributed by atoms with van der Waals surface area (Å²) in [5.74, 6) is 0. The maximum atomic E-state index is 9.17. The second-order valence-electron chi connectivity index (χ2n) is 3.59. The molecule has 17 heavy (non-hydrogen) atoms. The van der Waals surface area contributed by atoms with Crippen LogP contribution in [0.3, 0.4) is 0 Å². The van der Waals surface area contributed by atoms with Gasteiger partial charge in [-0.25, -0.2) is 0 Å². The molecule has 2 rings (SSSR count). The number of nitriles is 1. The first-order chi connectivity index (χ1) is 8.29. The van der Waals surface area contributed by atoms with Gasteiger partial charge in [0.15, 0.2) is 0 Å². The van der Waals surface area contributed by atoms with E-state index in [1.165, 1.54) is 0 Å². The molecular formula is C15H10ClN. The van der Waals surface area contributed by atoms with Crippen LogP contribution in [0, 0.1) is 11.3 Å². The summed E-state index contributed by atoms with van der Waals surface area (Å²) >= 11 is 5.91. The maximum absolute atomic E-state index is 9.17. The van der Waals surface area contributed by atoms with E-state index < -0.39 is 0 Å². The van der Waals surface area contributed by atoms with Crippen molar-refractivity contribution in [2.45, 2.75) is 0 Å². The molecule has 0 aliphatic rings. The third kappa shape index (κ3) is 2.96. The van der Waals surface area contributed by atoms with Crippen molar-refractivity contribution in [3.8, 4) is 6.07 Å². The van der Waals surface area contributed by atoms with Gasteiger partial charge in [0.1, 0.15) is 0 Å². The molecule has 0 bridgehead atoms. The molecule has 0 aromatic heterocycles. The van der Waals surface area contributed by atoms with Gasteiger partial charge in [-0.2, -0.15) is 5.26 Å². The average Bonchev–Trinajstić information content (AvgIpc) is 2.37. The first-order valence-electron chi connectivity index (χ1n) is 5.22. The zero-order valence-corrected chi connectivity index (χ0v) is 9.85. The monoisotopic (exact) mass is 239 g/mol. The summed E-state index contributed by atoms with van der Waals surface area (Å²) in [4.78, 5) is 0. The van der Waals surface area contributed by atoms with E-state index in [0.29, 0.717) is 10.6 Å². The third-order valence-electron chi connectivity index (χ3n) is 2.37. The van der Waals surface area contributed by atoms with Crippen LogP contribution in [0.1, 0.15) is 11.1 Å². The van der Waals surface area contributed by atoms with Gasteiger partial charge in [-0.3, -0.25) is 0 Å². The van der Waals surface area contributed by atoms with E-state index in [1.54, 1.807) is 12.1 Å². The van der Waals surface area contributed by atoms with Crippen LogP contribution >= 0.6 is 11.6 Å². The molecule has 0 saturated heterocycles. The fourth-order valence-electron chi connectivity index (χ4n) is 1.55. The molecule has 0 amide bonds. The summed E-state index contributed by atoms with van der Waals surface area (Å²) in [5, 5.41) is 9.81. The van der Waals surface area contributed by atoms with Crippen LogP contribution in [0.4, 0.5) is 0 Å². The highest BCUT2D eigenvalue weighted by Crippen LogP contribution is 2.20. The van der Waals surface area contributed by atoms with Crippen molar-refractivity contribution in [1.82, 2.24) is 0 Å². The predicted octanol–water partition coefficient (Wildman–Crippen LogP) is 4.40. The zero-order valence-electron chi connectivity index (χ0n) is 9.10. The second kappa shape index (κ2) is 5.34. The van der Waals surface area contributed by atoms with Gasteiger partial charge in [-0.15, -0.1) is 0 Å². The number of benzene rings is 2. The standard InChI is InChI=1S/C15H10ClN/c16-15-8-4-7-13(10-15)14(11-17)9-12-5-2-1-3-6-12/h1-10H/b14-9-. The van der Waals surface area contributed by atoms with Crippen molar-refractivity contribution in [1.29, 1.82) is 5.26 Å². The molecule has 82 valence electrons. The summed E-state index contributed by atoms with van der Waals surface area (Å²) in [6, 6.07) is 19.3. The molecule has 0 radical (unpaired) electrons. The normalized spacial score (nSPS) is 10.9. The summed E-state index contributed by atoms with van der Waals surface area (Å²) in [6.45, 7) is 0. The van der Waals surface area contributed by atoms with Crippen LogP contribution < -0.4 is 0 Å². The Morgan fingerprint density at radius 1 is 1.06 bits per heavy atom. The molecule has 0 spiro atoms. The van der Waals surface area contributed by atoms with Crippen LogP contribution in [0.15, 0.2) is 54.6 Å². The summed E-state index contributed by atoms with van der Waals surface area (Å²) in [7, 11) is 0. The van der Waals surface area contributed by atoms with Gasteiger partial charge in [0.25, 0.3) is 0 Å². The van der Waals surface area contributed by atoms with Crippen LogP contribution in [0.2, 0.25) is 5.02 Å². The lowest BCUT2D eigenvalue weighted by Crippen LogP contribution is -1.81. The molecular weight excluding hydrogens is 230 g/mol. The fraction of sp³-hybridized carbons (Fsp3) is 0. The molecule has 0 heterocycles. The lowest BCUT2D eigenvalue weighted by molar-refractivity contribution is 1.52. The van der Waals surface area contributed by atoms with Crippen molar-refractivity contribution >= 4 is 23.3 Å². The zero-order chi connectivity index (χ0) is 12.1. The Hall–Kier alpha value is -2.04. The molecule has 0 aliphatic heterocycles. The number of allylic oxidation sites excluding steroid dienone is 1. The number of hydrogen-bond acceptors (Lipinski definition) is 1. The van der Waals surface area contributed by atoms with Crippen LogP contribution in [-0.4, -0.2) is 0 Å². The minimum absolute atomic E-state index is 0.610. The van der Waals surface area contributed by atoms with Crippen molar-refractivity contribution in [2.75, 3.05) is 0 Å². The molecule has 0 N–H and O–H groups in total. The SMILES string of the molecule is N#C/C(=C/c1ccccc1)c1cccc(Cl)c1. The molecule has 0 unspecified atom stereocenters. The first kappa shape index (κ1) is 11.4. The Morgan fingerprint density at radius 3 is 2.47 bits per heavy atom. The van der Waals surface area contributed by atoms with Gasteiger partial charge in [0.05, 0.1) is 11.6 Å². The van der Waals surface area contributed by atoms with Gasteiger partial charge >= 0.3 is 0 Å². The highest BCUT2D eigenvalue weighted by Gasteiger charge is 2.01. The topological polar surface area (TPSA) is 23.8 Å². The Morgan fingerprint density at radius 2 is 1.82 bits per heavy atom. The third-order valence-corrected chi connectivity index (χ3v) is 2.60. The van der Waals surface area contributed by atoms with Crippen molar-refractivity contribution in [3.05, 3.63) is 70.7 Å². The summed E-state index contributed by atoms with van der Waals surface area (Å²) < 4.78 is 0. The van der Waals surface area contributed by atoms with E-state index in [2.05, 4.69) is 6.07 Å². The van der Waals surface area contributed by atoms with Gasteiger partial charge in [0.2, 0.25) is 0 Å². The van der Waals surface area contributed by atoms with Crippen molar-refractivity contribution in [2.24, 2.45) is 0 Å². The van der Waals surface area contributed by atoms with Crippen LogP contribution in [0.25, 0.3) is 11.6 Å². The maximum Gasteiger partial charge on any atom is 0.0998 e. The number of rotatable bonds is 2. The number of nitrogens with zero attached hydrogens (tertiary/aromatic N) is 1. The highest BCUT2D eigenvalue weighted by atomic mass is 35.5. The molecule has 1 nitrogen and oxygen atoms in total. The largest absolute Gasteiger partial charge is 0.192 e. The summed E-state index contributed by atoms with van der Waals surface area (Å²) in [5.41, 5.74) is 2.45. The molecule has 0 aliphatic carbocycles. The van der Waals surface area contributed by atoms with Crippen molar-refractivity contribution < 1.29 is 0 Å². The van der Waals surface area contributed by atoms with E-state index in [4.69, 9.17) is 11.6 Å². The van der Waals surface area contributed by atoms with Gasteiger partial charge < -0.3 is 0 Å². The minimum atomic E-state index is 0.610. The van der Waals surface area contributed by atoms with Gasteiger partial charge in [0, 0.05) is 5.02 Å². The summed E-state index contributed by atoms with van der Waals surface area (Å²) in [6.07, 6.45) is 1.85. The van der Waals surface area contributed by atoms with E-state index in [9.17, 15) is 5.26 Å². The fourth-order valence-corrected chi connectivity index (χ4v) is 1.74. The molecule has 0 atom stereocenters. The Kier molecular flexibility index (Phi) is 3.59. The molecule has 2 heteroatoms. The van der Waals surface area contributed by atoms with E-state index in [1.807, 2.05) is 48.5 Å². The molecule has 2 aromatic carbocycles. The highest BCUT2D eigenvalue weighted by molar-refractivity contribution is 6.30. The van der Waals surface area contributed by atoms with Crippen LogP contribution in [-0.2, 0) is 0 Å². The molecule has 0 fully saturated rings. The quantitative estimate of drug-likeness (QED) is 0.563. The van der Waals surface area contributed by atoms with E-state index in [0.717, 1.165) is 11.1 Å². The Labute approximate surface area is 106 Å². The van der Waals surface area contributed by atoms with E-state index in [-0.39, 0.29) is 0 Å². The number of hydrogen-bond donors (Lipinski definition) is 0. The lowest BCUT2D eigenvalue weighted by atomic mass is 10.0. The Balaban J connectivity index is 2.42.